The van der Waals surface area contributed by atoms with Crippen molar-refractivity contribution in [1.29, 1.82) is 0 Å². The monoisotopic (exact) mass is 369 g/mol. The van der Waals surface area contributed by atoms with Crippen LogP contribution in [0.15, 0.2) is 30.3 Å². The Balaban J connectivity index is 1.81. The number of ether oxygens (including phenoxy) is 1. The first-order valence-corrected chi connectivity index (χ1v) is 9.35. The lowest BCUT2D eigenvalue weighted by Crippen LogP contribution is -2.36. The summed E-state index contributed by atoms with van der Waals surface area (Å²) in [5.41, 5.74) is 2.42. The van der Waals surface area contributed by atoms with Crippen LogP contribution in [0.25, 0.3) is 0 Å². The van der Waals surface area contributed by atoms with Gasteiger partial charge in [-0.3, -0.25) is 4.79 Å². The summed E-state index contributed by atoms with van der Waals surface area (Å²) in [6.45, 7) is 9.67. The number of nitrogens with one attached hydrogen (secondary N) is 2. The van der Waals surface area contributed by atoms with Crippen LogP contribution in [0.2, 0.25) is 0 Å². The van der Waals surface area contributed by atoms with Crippen LogP contribution in [-0.4, -0.2) is 48.7 Å². The molecule has 2 aromatic rings. The van der Waals surface area contributed by atoms with Gasteiger partial charge in [0, 0.05) is 25.7 Å². The van der Waals surface area contributed by atoms with E-state index >= 15 is 0 Å². The zero-order chi connectivity index (χ0) is 19.2. The number of anilines is 3. The van der Waals surface area contributed by atoms with Crippen LogP contribution in [0.5, 0.6) is 0 Å². The van der Waals surface area contributed by atoms with Crippen LogP contribution in [0.4, 0.5) is 17.2 Å². The average Bonchev–Trinajstić information content (AvgIpc) is 2.66. The second-order valence-corrected chi connectivity index (χ2v) is 7.03. The number of rotatable bonds is 6. The molecule has 1 aromatic heterocycles. The maximum Gasteiger partial charge on any atom is 0.270 e. The smallest absolute Gasteiger partial charge is 0.270 e. The van der Waals surface area contributed by atoms with E-state index in [1.54, 1.807) is 13.0 Å². The summed E-state index contributed by atoms with van der Waals surface area (Å²) >= 11 is 0. The Morgan fingerprint density at radius 3 is 2.70 bits per heavy atom. The van der Waals surface area contributed by atoms with Crippen molar-refractivity contribution < 1.29 is 9.53 Å². The average molecular weight is 369 g/mol. The maximum atomic E-state index is 12.4. The van der Waals surface area contributed by atoms with Gasteiger partial charge in [0.15, 0.2) is 0 Å². The first-order chi connectivity index (χ1) is 13.0. The van der Waals surface area contributed by atoms with Crippen LogP contribution in [0.1, 0.15) is 30.2 Å². The molecule has 3 rings (SSSR count). The molecule has 0 atom stereocenters. The second-order valence-electron chi connectivity index (χ2n) is 7.03. The van der Waals surface area contributed by atoms with Crippen molar-refractivity contribution in [3.05, 3.63) is 41.9 Å². The first kappa shape index (κ1) is 19.1. The number of aryl methyl sites for hydroxylation is 1. The molecule has 0 saturated carbocycles. The number of benzene rings is 1. The zero-order valence-electron chi connectivity index (χ0n) is 16.2. The number of carbonyl (C=O) groups excluding carboxylic acids is 1. The van der Waals surface area contributed by atoms with Crippen molar-refractivity contribution in [2.75, 3.05) is 43.1 Å². The first-order valence-electron chi connectivity index (χ1n) is 9.35. The number of carbonyl (C=O) groups is 1. The minimum atomic E-state index is -0.182. The highest BCUT2D eigenvalue weighted by Crippen LogP contribution is 2.28. The Hall–Kier alpha value is -2.67. The van der Waals surface area contributed by atoms with Gasteiger partial charge in [0.05, 0.1) is 24.6 Å². The van der Waals surface area contributed by atoms with E-state index in [4.69, 9.17) is 4.74 Å². The number of aromatic nitrogens is 2. The Morgan fingerprint density at radius 2 is 1.96 bits per heavy atom. The lowest BCUT2D eigenvalue weighted by atomic mass is 10.2. The van der Waals surface area contributed by atoms with Gasteiger partial charge < -0.3 is 20.3 Å². The Bertz CT molecular complexity index is 788. The molecule has 0 unspecified atom stereocenters. The second kappa shape index (κ2) is 8.81. The van der Waals surface area contributed by atoms with Crippen LogP contribution >= 0.6 is 0 Å². The molecular formula is C20H27N5O2. The summed E-state index contributed by atoms with van der Waals surface area (Å²) < 4.78 is 5.45. The van der Waals surface area contributed by atoms with Gasteiger partial charge in [0.25, 0.3) is 5.91 Å². The van der Waals surface area contributed by atoms with Gasteiger partial charge in [-0.1, -0.05) is 26.0 Å². The van der Waals surface area contributed by atoms with E-state index in [0.717, 1.165) is 37.7 Å². The summed E-state index contributed by atoms with van der Waals surface area (Å²) in [5, 5.41) is 6.26. The molecule has 0 bridgehead atoms. The lowest BCUT2D eigenvalue weighted by molar-refractivity contribution is 0.0943. The van der Waals surface area contributed by atoms with Crippen molar-refractivity contribution in [2.24, 2.45) is 5.92 Å². The molecule has 0 aliphatic carbocycles. The molecule has 1 fully saturated rings. The number of hydrogen-bond donors (Lipinski definition) is 2. The topological polar surface area (TPSA) is 79.4 Å². The third-order valence-electron chi connectivity index (χ3n) is 4.26. The van der Waals surface area contributed by atoms with Crippen molar-refractivity contribution in [3.8, 4) is 0 Å². The summed E-state index contributed by atoms with van der Waals surface area (Å²) in [6.07, 6.45) is 0. The predicted molar refractivity (Wildman–Crippen MR) is 107 cm³/mol. The summed E-state index contributed by atoms with van der Waals surface area (Å²) in [4.78, 5) is 23.4. The zero-order valence-corrected chi connectivity index (χ0v) is 16.2. The van der Waals surface area contributed by atoms with Gasteiger partial charge in [0.2, 0.25) is 0 Å². The number of hydrogen-bond acceptors (Lipinski definition) is 6. The Morgan fingerprint density at radius 1 is 1.22 bits per heavy atom. The van der Waals surface area contributed by atoms with Gasteiger partial charge in [-0.2, -0.15) is 0 Å². The van der Waals surface area contributed by atoms with Crippen molar-refractivity contribution in [3.63, 3.8) is 0 Å². The molecule has 1 amide bonds. The molecule has 144 valence electrons. The van der Waals surface area contributed by atoms with Gasteiger partial charge >= 0.3 is 0 Å². The number of nitrogens with zero attached hydrogens (tertiary/aromatic N) is 3. The molecule has 1 saturated heterocycles. The van der Waals surface area contributed by atoms with Gasteiger partial charge in [-0.25, -0.2) is 9.97 Å². The van der Waals surface area contributed by atoms with Crippen LogP contribution < -0.4 is 15.5 Å². The highest BCUT2D eigenvalue weighted by molar-refractivity contribution is 5.93. The fraction of sp³-hybridized carbons (Fsp3) is 0.450. The largest absolute Gasteiger partial charge is 0.378 e. The van der Waals surface area contributed by atoms with Crippen LogP contribution in [0, 0.1) is 12.8 Å². The fourth-order valence-electron chi connectivity index (χ4n) is 2.93. The lowest BCUT2D eigenvalue weighted by Gasteiger charge is -2.30. The van der Waals surface area contributed by atoms with E-state index in [0.29, 0.717) is 29.8 Å². The van der Waals surface area contributed by atoms with E-state index in [9.17, 15) is 4.79 Å². The number of amides is 1. The minimum absolute atomic E-state index is 0.182. The standard InChI is InChI=1S/C20H27N5O2/c1-14(2)13-21-20(26)17-12-19(23-15(3)22-17)24-16-6-4-5-7-18(16)25-8-10-27-11-9-25/h4-7,12,14H,8-11,13H2,1-3H3,(H,21,26)(H,22,23,24). The molecular weight excluding hydrogens is 342 g/mol. The van der Waals surface area contributed by atoms with Gasteiger partial charge in [-0.05, 0) is 25.0 Å². The van der Waals surface area contributed by atoms with Crippen LogP contribution in [-0.2, 0) is 4.74 Å². The Kier molecular flexibility index (Phi) is 6.24. The normalized spacial score (nSPS) is 14.3. The quantitative estimate of drug-likeness (QED) is 0.815. The molecule has 7 nitrogen and oxygen atoms in total. The van der Waals surface area contributed by atoms with E-state index in [2.05, 4.69) is 45.4 Å². The molecule has 1 aromatic carbocycles. The molecule has 1 aliphatic rings. The summed E-state index contributed by atoms with van der Waals surface area (Å²) in [6, 6.07) is 9.79. The van der Waals surface area contributed by atoms with Crippen molar-refractivity contribution in [2.45, 2.75) is 20.8 Å². The highest BCUT2D eigenvalue weighted by Gasteiger charge is 2.16. The molecule has 2 heterocycles. The van der Waals surface area contributed by atoms with Crippen molar-refractivity contribution in [1.82, 2.24) is 15.3 Å². The third-order valence-corrected chi connectivity index (χ3v) is 4.26. The maximum absolute atomic E-state index is 12.4. The third kappa shape index (κ3) is 5.17. The number of para-hydroxylation sites is 2. The van der Waals surface area contributed by atoms with Gasteiger partial charge in [0.1, 0.15) is 17.3 Å². The summed E-state index contributed by atoms with van der Waals surface area (Å²) in [7, 11) is 0. The van der Waals surface area contributed by atoms with E-state index in [1.807, 2.05) is 18.2 Å². The number of morpholine rings is 1. The van der Waals surface area contributed by atoms with E-state index in [-0.39, 0.29) is 5.91 Å². The highest BCUT2D eigenvalue weighted by atomic mass is 16.5. The molecule has 0 spiro atoms. The Labute approximate surface area is 160 Å². The van der Waals surface area contributed by atoms with E-state index in [1.165, 1.54) is 0 Å². The van der Waals surface area contributed by atoms with E-state index < -0.39 is 0 Å². The molecule has 2 N–H and O–H groups in total. The fourth-order valence-corrected chi connectivity index (χ4v) is 2.93. The minimum Gasteiger partial charge on any atom is -0.378 e. The van der Waals surface area contributed by atoms with Crippen molar-refractivity contribution >= 4 is 23.1 Å². The van der Waals surface area contributed by atoms with Crippen LogP contribution in [0.3, 0.4) is 0 Å². The molecule has 27 heavy (non-hydrogen) atoms. The molecule has 0 radical (unpaired) electrons. The molecule has 7 heteroatoms. The van der Waals surface area contributed by atoms with Gasteiger partial charge in [-0.15, -0.1) is 0 Å². The summed E-state index contributed by atoms with van der Waals surface area (Å²) in [5.74, 6) is 1.37. The predicted octanol–water partition coefficient (Wildman–Crippen LogP) is 2.75. The SMILES string of the molecule is Cc1nc(Nc2ccccc2N2CCOCC2)cc(C(=O)NCC(C)C)n1. The molecule has 1 aliphatic heterocycles.